The topological polar surface area (TPSA) is 53.9 Å². The first kappa shape index (κ1) is 14.3. The van der Waals surface area contributed by atoms with Crippen LogP contribution in [0.15, 0.2) is 0 Å². The molecule has 1 aromatic rings. The molecule has 1 aliphatic heterocycles. The van der Waals surface area contributed by atoms with Crippen molar-refractivity contribution in [2.24, 2.45) is 5.41 Å². The summed E-state index contributed by atoms with van der Waals surface area (Å²) < 4.78 is 0. The zero-order valence-corrected chi connectivity index (χ0v) is 12.7. The van der Waals surface area contributed by atoms with Crippen LogP contribution >= 0.6 is 11.6 Å². The summed E-state index contributed by atoms with van der Waals surface area (Å²) in [5.74, 6) is 1.21. The molecule has 1 aromatic heterocycles. The van der Waals surface area contributed by atoms with E-state index in [1.54, 1.807) is 7.05 Å². The molecule has 0 aromatic carbocycles. The summed E-state index contributed by atoms with van der Waals surface area (Å²) in [5.41, 5.74) is 0.499. The molecule has 106 valence electrons. The maximum atomic E-state index is 5.93. The van der Waals surface area contributed by atoms with Crippen molar-refractivity contribution in [3.8, 4) is 0 Å². The fourth-order valence-corrected chi connectivity index (χ4v) is 2.89. The minimum Gasteiger partial charge on any atom is -0.357 e. The van der Waals surface area contributed by atoms with Crippen molar-refractivity contribution in [3.05, 3.63) is 5.28 Å². The average molecular weight is 284 g/mol. The minimum atomic E-state index is 0.247. The molecule has 2 rings (SSSR count). The Morgan fingerprint density at radius 1 is 1.16 bits per heavy atom. The lowest BCUT2D eigenvalue weighted by atomic mass is 9.74. The molecule has 0 saturated carbocycles. The molecule has 6 heteroatoms. The second-order valence-corrected chi connectivity index (χ2v) is 5.51. The molecule has 0 unspecified atom stereocenters. The van der Waals surface area contributed by atoms with E-state index in [-0.39, 0.29) is 5.28 Å². The van der Waals surface area contributed by atoms with Crippen LogP contribution in [0.5, 0.6) is 0 Å². The highest BCUT2D eigenvalue weighted by Crippen LogP contribution is 2.38. The highest BCUT2D eigenvalue weighted by molar-refractivity contribution is 6.28. The Bertz CT molecular complexity index is 423. The molecule has 0 aliphatic carbocycles. The van der Waals surface area contributed by atoms with Crippen molar-refractivity contribution >= 4 is 23.5 Å². The molecule has 0 bridgehead atoms. The molecule has 1 aliphatic rings. The van der Waals surface area contributed by atoms with Crippen molar-refractivity contribution in [1.82, 2.24) is 15.0 Å². The summed E-state index contributed by atoms with van der Waals surface area (Å²) in [4.78, 5) is 14.8. The Morgan fingerprint density at radius 2 is 1.79 bits per heavy atom. The van der Waals surface area contributed by atoms with Gasteiger partial charge >= 0.3 is 0 Å². The number of hydrogen-bond donors (Lipinski definition) is 1. The number of nitrogens with one attached hydrogen (secondary N) is 1. The van der Waals surface area contributed by atoms with E-state index in [1.165, 1.54) is 25.7 Å². The molecule has 1 fully saturated rings. The second kappa shape index (κ2) is 5.90. The van der Waals surface area contributed by atoms with Crippen LogP contribution in [0.4, 0.5) is 11.9 Å². The Labute approximate surface area is 119 Å². The van der Waals surface area contributed by atoms with Crippen LogP contribution in [0.1, 0.15) is 39.5 Å². The van der Waals surface area contributed by atoms with Gasteiger partial charge in [0.05, 0.1) is 0 Å². The first-order valence-corrected chi connectivity index (χ1v) is 7.34. The third-order valence-corrected chi connectivity index (χ3v) is 4.60. The molecule has 2 heterocycles. The third kappa shape index (κ3) is 3.08. The van der Waals surface area contributed by atoms with E-state index in [2.05, 4.69) is 39.0 Å². The lowest BCUT2D eigenvalue weighted by Gasteiger charge is -2.41. The van der Waals surface area contributed by atoms with Gasteiger partial charge in [-0.2, -0.15) is 15.0 Å². The summed E-state index contributed by atoms with van der Waals surface area (Å²) in [7, 11) is 1.78. The van der Waals surface area contributed by atoms with Crippen molar-refractivity contribution in [2.75, 3.05) is 30.4 Å². The Kier molecular flexibility index (Phi) is 4.45. The molecule has 0 spiro atoms. The molecule has 0 radical (unpaired) electrons. The highest BCUT2D eigenvalue weighted by Gasteiger charge is 2.32. The number of halogens is 1. The zero-order chi connectivity index (χ0) is 13.9. The van der Waals surface area contributed by atoms with E-state index in [9.17, 15) is 0 Å². The number of piperidine rings is 1. The third-order valence-electron chi connectivity index (χ3n) is 4.43. The van der Waals surface area contributed by atoms with Crippen molar-refractivity contribution in [2.45, 2.75) is 39.5 Å². The van der Waals surface area contributed by atoms with Gasteiger partial charge in [0.1, 0.15) is 0 Å². The molecular formula is C13H22ClN5. The van der Waals surface area contributed by atoms with Crippen molar-refractivity contribution in [1.29, 1.82) is 0 Å². The molecule has 0 atom stereocenters. The van der Waals surface area contributed by atoms with Gasteiger partial charge in [-0.3, -0.25) is 0 Å². The van der Waals surface area contributed by atoms with Gasteiger partial charge < -0.3 is 10.2 Å². The summed E-state index contributed by atoms with van der Waals surface area (Å²) in [6.07, 6.45) is 4.88. The van der Waals surface area contributed by atoms with Crippen LogP contribution in [0.3, 0.4) is 0 Å². The molecular weight excluding hydrogens is 262 g/mol. The lowest BCUT2D eigenvalue weighted by molar-refractivity contribution is 0.198. The Morgan fingerprint density at radius 3 is 2.32 bits per heavy atom. The quantitative estimate of drug-likeness (QED) is 0.921. The maximum Gasteiger partial charge on any atom is 0.231 e. The number of rotatable bonds is 4. The van der Waals surface area contributed by atoms with Gasteiger partial charge in [-0.05, 0) is 29.9 Å². The van der Waals surface area contributed by atoms with Crippen molar-refractivity contribution in [3.63, 3.8) is 0 Å². The first-order valence-electron chi connectivity index (χ1n) is 6.97. The van der Waals surface area contributed by atoms with Gasteiger partial charge in [0.25, 0.3) is 0 Å². The summed E-state index contributed by atoms with van der Waals surface area (Å²) in [6.45, 7) is 6.56. The Balaban J connectivity index is 2.11. The van der Waals surface area contributed by atoms with Crippen LogP contribution in [0.2, 0.25) is 5.28 Å². The first-order chi connectivity index (χ1) is 9.12. The number of aromatic nitrogens is 3. The van der Waals surface area contributed by atoms with Gasteiger partial charge in [0.15, 0.2) is 0 Å². The monoisotopic (exact) mass is 283 g/mol. The molecule has 0 amide bonds. The number of hydrogen-bond acceptors (Lipinski definition) is 5. The molecule has 19 heavy (non-hydrogen) atoms. The Hall–Kier alpha value is -1.10. The lowest BCUT2D eigenvalue weighted by Crippen LogP contribution is -2.40. The van der Waals surface area contributed by atoms with Crippen molar-refractivity contribution < 1.29 is 0 Å². The number of nitrogens with zero attached hydrogens (tertiary/aromatic N) is 4. The minimum absolute atomic E-state index is 0.247. The highest BCUT2D eigenvalue weighted by atomic mass is 35.5. The smallest absolute Gasteiger partial charge is 0.231 e. The van der Waals surface area contributed by atoms with E-state index in [0.717, 1.165) is 13.1 Å². The van der Waals surface area contributed by atoms with Crippen LogP contribution in [0.25, 0.3) is 0 Å². The fraction of sp³-hybridized carbons (Fsp3) is 0.769. The summed E-state index contributed by atoms with van der Waals surface area (Å²) in [5, 5.41) is 3.16. The van der Waals surface area contributed by atoms with E-state index in [0.29, 0.717) is 17.3 Å². The fourth-order valence-electron chi connectivity index (χ4n) is 2.73. The number of anilines is 2. The van der Waals surface area contributed by atoms with Gasteiger partial charge in [-0.1, -0.05) is 26.7 Å². The molecule has 5 nitrogen and oxygen atoms in total. The summed E-state index contributed by atoms with van der Waals surface area (Å²) >= 11 is 5.93. The van der Waals surface area contributed by atoms with Crippen LogP contribution in [-0.4, -0.2) is 35.1 Å². The van der Waals surface area contributed by atoms with Gasteiger partial charge in [-0.15, -0.1) is 0 Å². The van der Waals surface area contributed by atoms with Crippen LogP contribution in [-0.2, 0) is 0 Å². The van der Waals surface area contributed by atoms with Gasteiger partial charge in [0.2, 0.25) is 17.2 Å². The second-order valence-electron chi connectivity index (χ2n) is 5.17. The van der Waals surface area contributed by atoms with Crippen LogP contribution < -0.4 is 10.2 Å². The predicted molar refractivity (Wildman–Crippen MR) is 78.8 cm³/mol. The molecule has 1 N–H and O–H groups in total. The zero-order valence-electron chi connectivity index (χ0n) is 11.9. The maximum absolute atomic E-state index is 5.93. The summed E-state index contributed by atoms with van der Waals surface area (Å²) in [6, 6.07) is 0. The van der Waals surface area contributed by atoms with E-state index in [1.807, 2.05) is 0 Å². The normalized spacial score (nSPS) is 18.4. The van der Waals surface area contributed by atoms with Gasteiger partial charge in [-0.25, -0.2) is 0 Å². The van der Waals surface area contributed by atoms with E-state index < -0.39 is 0 Å². The largest absolute Gasteiger partial charge is 0.357 e. The van der Waals surface area contributed by atoms with Gasteiger partial charge in [0, 0.05) is 20.1 Å². The van der Waals surface area contributed by atoms with Crippen LogP contribution in [0, 0.1) is 5.41 Å². The van der Waals surface area contributed by atoms with E-state index >= 15 is 0 Å². The SMILES string of the molecule is CCC1(CC)CCN(c2nc(Cl)nc(NC)n2)CC1. The average Bonchev–Trinajstić information content (AvgIpc) is 2.46. The standard InChI is InChI=1S/C13H22ClN5/c1-4-13(5-2)6-8-19(9-7-13)12-17-10(14)16-11(15-3)18-12/h4-9H2,1-3H3,(H,15,16,17,18). The molecule has 1 saturated heterocycles. The predicted octanol–water partition coefficient (Wildman–Crippen LogP) is 2.97. The van der Waals surface area contributed by atoms with E-state index in [4.69, 9.17) is 11.6 Å².